The zero-order valence-corrected chi connectivity index (χ0v) is 6.93. The number of carbonyl (C=O) groups is 1. The van der Waals surface area contributed by atoms with Crippen LogP contribution in [0, 0.1) is 11.3 Å². The Morgan fingerprint density at radius 2 is 2.08 bits per heavy atom. The number of halogens is 1. The molecule has 62 valence electrons. The normalized spacial score (nSPS) is 10.2. The Labute approximate surface area is 74.9 Å². The van der Waals surface area contributed by atoms with E-state index < -0.39 is 5.97 Å². The highest BCUT2D eigenvalue weighted by atomic mass is 35.5. The number of nitriles is 1. The number of carboxylic acid groups (broad SMARTS) is 1. The van der Waals surface area contributed by atoms with E-state index >= 15 is 0 Å². The summed E-state index contributed by atoms with van der Waals surface area (Å²) in [4.78, 5) is 10.4. The Kier molecular flexibility index (Phi) is 3.81. The summed E-state index contributed by atoms with van der Waals surface area (Å²) in [6, 6.07) is 1.67. The van der Waals surface area contributed by atoms with E-state index in [9.17, 15) is 4.79 Å². The fraction of sp³-hybridized carbons (Fsp3) is 0. The van der Waals surface area contributed by atoms with Crippen LogP contribution in [0.2, 0.25) is 0 Å². The number of carboxylic acids is 1. The number of allylic oxidation sites excluding steroid dienone is 2. The van der Waals surface area contributed by atoms with E-state index in [1.54, 1.807) is 6.07 Å². The molecule has 0 radical (unpaired) electrons. The van der Waals surface area contributed by atoms with Crippen LogP contribution in [0.5, 0.6) is 0 Å². The zero-order valence-electron chi connectivity index (χ0n) is 6.17. The van der Waals surface area contributed by atoms with Crippen LogP contribution in [0.4, 0.5) is 0 Å². The van der Waals surface area contributed by atoms with Gasteiger partial charge in [0.2, 0.25) is 0 Å². The van der Waals surface area contributed by atoms with Gasteiger partial charge >= 0.3 is 5.97 Å². The maximum Gasteiger partial charge on any atom is 0.337 e. The lowest BCUT2D eigenvalue weighted by atomic mass is 10.2. The summed E-state index contributed by atoms with van der Waals surface area (Å²) < 4.78 is 0. The van der Waals surface area contributed by atoms with Crippen molar-refractivity contribution >= 4 is 17.6 Å². The molecule has 12 heavy (non-hydrogen) atoms. The fourth-order valence-corrected chi connectivity index (χ4v) is 0.598. The molecule has 0 aromatic heterocycles. The smallest absolute Gasteiger partial charge is 0.337 e. The molecule has 0 rings (SSSR count). The molecule has 0 heterocycles. The van der Waals surface area contributed by atoms with E-state index in [4.69, 9.17) is 22.0 Å². The third-order valence-electron chi connectivity index (χ3n) is 0.985. The summed E-state index contributed by atoms with van der Waals surface area (Å²) in [6.45, 7) is 6.51. The summed E-state index contributed by atoms with van der Waals surface area (Å²) in [7, 11) is 0. The molecule has 0 unspecified atom stereocenters. The van der Waals surface area contributed by atoms with Crippen molar-refractivity contribution in [2.45, 2.75) is 0 Å². The molecule has 0 saturated carbocycles. The molecule has 0 aromatic carbocycles. The highest BCUT2D eigenvalue weighted by Gasteiger charge is 2.09. The summed E-state index contributed by atoms with van der Waals surface area (Å²) in [5.41, 5.74) is -0.197. The monoisotopic (exact) mass is 183 g/mol. The third kappa shape index (κ3) is 3.04. The largest absolute Gasteiger partial charge is 0.478 e. The molecule has 0 fully saturated rings. The van der Waals surface area contributed by atoms with Crippen LogP contribution < -0.4 is 0 Å². The standard InChI is InChI=1S/C8H6ClNO2/c1-5(4-10)3-7(6(2)9)8(11)12/h3H,1-2H2,(H,11,12). The minimum atomic E-state index is -1.23. The minimum Gasteiger partial charge on any atom is -0.478 e. The summed E-state index contributed by atoms with van der Waals surface area (Å²) >= 11 is 5.35. The minimum absolute atomic E-state index is 0.0224. The first kappa shape index (κ1) is 10.5. The van der Waals surface area contributed by atoms with Gasteiger partial charge in [0, 0.05) is 10.6 Å². The van der Waals surface area contributed by atoms with Gasteiger partial charge in [-0.25, -0.2) is 4.79 Å². The van der Waals surface area contributed by atoms with Gasteiger partial charge in [-0.2, -0.15) is 5.26 Å². The van der Waals surface area contributed by atoms with E-state index in [0.717, 1.165) is 6.08 Å². The SMILES string of the molecule is C=C(C#N)C=C(C(=C)Cl)C(=O)O. The average Bonchev–Trinajstić information content (AvgIpc) is 1.98. The second-order valence-corrected chi connectivity index (χ2v) is 2.36. The van der Waals surface area contributed by atoms with Gasteiger partial charge in [0.25, 0.3) is 0 Å². The molecule has 1 N–H and O–H groups in total. The van der Waals surface area contributed by atoms with Crippen molar-refractivity contribution in [2.24, 2.45) is 0 Å². The molecular formula is C8H6ClNO2. The maximum atomic E-state index is 10.4. The fourth-order valence-electron chi connectivity index (χ4n) is 0.463. The quantitative estimate of drug-likeness (QED) is 0.413. The number of nitrogens with zero attached hydrogens (tertiary/aromatic N) is 1. The summed E-state index contributed by atoms with van der Waals surface area (Å²) in [6.07, 6.45) is 1.07. The van der Waals surface area contributed by atoms with E-state index in [0.29, 0.717) is 0 Å². The first-order valence-corrected chi connectivity index (χ1v) is 3.25. The molecule has 0 saturated heterocycles. The van der Waals surface area contributed by atoms with E-state index in [2.05, 4.69) is 13.2 Å². The molecule has 0 atom stereocenters. The molecule has 0 aromatic rings. The Morgan fingerprint density at radius 1 is 1.58 bits per heavy atom. The van der Waals surface area contributed by atoms with Crippen molar-refractivity contribution in [2.75, 3.05) is 0 Å². The molecular weight excluding hydrogens is 178 g/mol. The second kappa shape index (κ2) is 4.37. The number of hydrogen-bond acceptors (Lipinski definition) is 2. The van der Waals surface area contributed by atoms with Crippen molar-refractivity contribution in [3.63, 3.8) is 0 Å². The third-order valence-corrected chi connectivity index (χ3v) is 1.19. The molecule has 3 nitrogen and oxygen atoms in total. The summed E-state index contributed by atoms with van der Waals surface area (Å²) in [5, 5.41) is 16.7. The van der Waals surface area contributed by atoms with Crippen molar-refractivity contribution < 1.29 is 9.90 Å². The van der Waals surface area contributed by atoms with Crippen molar-refractivity contribution in [1.82, 2.24) is 0 Å². The Balaban J connectivity index is 4.90. The first-order valence-electron chi connectivity index (χ1n) is 2.87. The van der Waals surface area contributed by atoms with Crippen LogP contribution in [0.15, 0.2) is 35.4 Å². The van der Waals surface area contributed by atoms with Crippen LogP contribution in [-0.4, -0.2) is 11.1 Å². The van der Waals surface area contributed by atoms with Gasteiger partial charge in [-0.05, 0) is 6.08 Å². The first-order chi connectivity index (χ1) is 5.49. The lowest BCUT2D eigenvalue weighted by Crippen LogP contribution is -2.00. The zero-order chi connectivity index (χ0) is 9.72. The lowest BCUT2D eigenvalue weighted by Gasteiger charge is -1.96. The number of aliphatic carboxylic acids is 1. The van der Waals surface area contributed by atoms with Gasteiger partial charge < -0.3 is 5.11 Å². The van der Waals surface area contributed by atoms with Crippen LogP contribution in [0.3, 0.4) is 0 Å². The van der Waals surface area contributed by atoms with Crippen LogP contribution >= 0.6 is 11.6 Å². The predicted octanol–water partition coefficient (Wildman–Crippen LogP) is 1.83. The Bertz CT molecular complexity index is 294. The van der Waals surface area contributed by atoms with Crippen LogP contribution in [0.1, 0.15) is 0 Å². The average molecular weight is 184 g/mol. The van der Waals surface area contributed by atoms with Gasteiger partial charge in [0.15, 0.2) is 0 Å². The van der Waals surface area contributed by atoms with Crippen LogP contribution in [0.25, 0.3) is 0 Å². The molecule has 0 amide bonds. The van der Waals surface area contributed by atoms with Gasteiger partial charge in [-0.15, -0.1) is 0 Å². The van der Waals surface area contributed by atoms with Gasteiger partial charge in [-0.1, -0.05) is 24.8 Å². The highest BCUT2D eigenvalue weighted by Crippen LogP contribution is 2.13. The number of rotatable bonds is 3. The molecule has 0 aliphatic carbocycles. The Hall–Kier alpha value is -1.53. The maximum absolute atomic E-state index is 10.4. The lowest BCUT2D eigenvalue weighted by molar-refractivity contribution is -0.132. The molecule has 0 aliphatic rings. The van der Waals surface area contributed by atoms with Crippen molar-refractivity contribution in [1.29, 1.82) is 5.26 Å². The molecule has 0 spiro atoms. The van der Waals surface area contributed by atoms with E-state index in [1.165, 1.54) is 0 Å². The predicted molar refractivity (Wildman–Crippen MR) is 45.5 cm³/mol. The van der Waals surface area contributed by atoms with Crippen LogP contribution in [-0.2, 0) is 4.79 Å². The number of hydrogen-bond donors (Lipinski definition) is 1. The highest BCUT2D eigenvalue weighted by molar-refractivity contribution is 6.34. The van der Waals surface area contributed by atoms with E-state index in [-0.39, 0.29) is 16.2 Å². The molecule has 0 bridgehead atoms. The summed E-state index contributed by atoms with van der Waals surface area (Å²) in [5.74, 6) is -1.23. The van der Waals surface area contributed by atoms with Gasteiger partial charge in [0.1, 0.15) is 0 Å². The topological polar surface area (TPSA) is 61.1 Å². The van der Waals surface area contributed by atoms with Gasteiger partial charge in [-0.3, -0.25) is 0 Å². The Morgan fingerprint density at radius 3 is 2.33 bits per heavy atom. The van der Waals surface area contributed by atoms with Gasteiger partial charge in [0.05, 0.1) is 11.6 Å². The van der Waals surface area contributed by atoms with E-state index in [1.807, 2.05) is 0 Å². The molecule has 4 heteroatoms. The second-order valence-electron chi connectivity index (χ2n) is 1.91. The molecule has 0 aliphatic heterocycles. The van der Waals surface area contributed by atoms with Crippen molar-refractivity contribution in [3.8, 4) is 6.07 Å². The van der Waals surface area contributed by atoms with Crippen molar-refractivity contribution in [3.05, 3.63) is 35.4 Å².